The van der Waals surface area contributed by atoms with Gasteiger partial charge in [-0.05, 0) is 19.4 Å². The van der Waals surface area contributed by atoms with E-state index in [4.69, 9.17) is 6.42 Å². The Morgan fingerprint density at radius 2 is 2.08 bits per heavy atom. The monoisotopic (exact) mass is 255 g/mol. The molecule has 0 spiro atoms. The summed E-state index contributed by atoms with van der Waals surface area (Å²) in [5.41, 5.74) is 3.52. The van der Waals surface area contributed by atoms with E-state index in [1.807, 2.05) is 0 Å². The zero-order chi connectivity index (χ0) is 10.2. The molecule has 0 saturated heterocycles. The summed E-state index contributed by atoms with van der Waals surface area (Å²) in [6.45, 7) is 4.18. The van der Waals surface area contributed by atoms with Crippen LogP contribution in [0.5, 0.6) is 0 Å². The van der Waals surface area contributed by atoms with E-state index in [1.165, 1.54) is 16.5 Å². The Hall–Kier alpha value is -0.463. The van der Waals surface area contributed by atoms with Crippen molar-refractivity contribution in [2.75, 3.05) is 7.05 Å². The molecule has 1 aliphatic rings. The Bertz CT molecular complexity index is 335. The Labute approximate surface area is 91.4 Å². The minimum atomic E-state index is 0.344. The number of terminal acetylenes is 1. The van der Waals surface area contributed by atoms with E-state index in [-0.39, 0.29) is 0 Å². The van der Waals surface area contributed by atoms with Gasteiger partial charge in [0.1, 0.15) is 4.95 Å². The zero-order valence-corrected chi connectivity index (χ0v) is 12.1. The second-order valence-corrected chi connectivity index (χ2v) is 5.30. The number of rotatable bonds is 0. The van der Waals surface area contributed by atoms with Gasteiger partial charge in [-0.2, -0.15) is 0 Å². The highest BCUT2D eigenvalue weighted by molar-refractivity contribution is 9.09. The van der Waals surface area contributed by atoms with Gasteiger partial charge in [0.15, 0.2) is 0 Å². The molecule has 0 aromatic carbocycles. The first-order chi connectivity index (χ1) is 6.00. The van der Waals surface area contributed by atoms with E-state index in [0.717, 1.165) is 15.8 Å². The van der Waals surface area contributed by atoms with Crippen molar-refractivity contribution < 1.29 is 0 Å². The molecular formula is C10H14BrNSi. The fourth-order valence-electron chi connectivity index (χ4n) is 1.50. The summed E-state index contributed by atoms with van der Waals surface area (Å²) < 4.78 is 0. The van der Waals surface area contributed by atoms with Crippen LogP contribution in [0.15, 0.2) is 22.0 Å². The number of nitrogens with zero attached hydrogens (tertiary/aromatic N) is 1. The molecule has 0 fully saturated rings. The van der Waals surface area contributed by atoms with Crippen LogP contribution in [0.2, 0.25) is 0 Å². The summed E-state index contributed by atoms with van der Waals surface area (Å²) in [6, 6.07) is 0. The normalized spacial score (nSPS) is 23.9. The predicted octanol–water partition coefficient (Wildman–Crippen LogP) is 1.20. The van der Waals surface area contributed by atoms with Crippen LogP contribution in [-0.4, -0.2) is 27.1 Å². The van der Waals surface area contributed by atoms with E-state index < -0.39 is 0 Å². The molecule has 0 bridgehead atoms. The van der Waals surface area contributed by atoms with Crippen LogP contribution in [0.25, 0.3) is 0 Å². The van der Waals surface area contributed by atoms with Crippen molar-refractivity contribution in [3.63, 3.8) is 0 Å². The van der Waals surface area contributed by atoms with Gasteiger partial charge in [-0.25, -0.2) is 0 Å². The molecule has 13 heavy (non-hydrogen) atoms. The molecule has 70 valence electrons. The lowest BCUT2D eigenvalue weighted by Crippen LogP contribution is -2.32. The molecule has 0 saturated carbocycles. The maximum absolute atomic E-state index is 5.49. The molecule has 0 N–H and O–H groups in total. The minimum Gasteiger partial charge on any atom is -0.361 e. The largest absolute Gasteiger partial charge is 0.361 e. The van der Waals surface area contributed by atoms with Crippen molar-refractivity contribution >= 4 is 26.2 Å². The number of allylic oxidation sites excluding steroid dienone is 3. The Morgan fingerprint density at radius 1 is 1.54 bits per heavy atom. The van der Waals surface area contributed by atoms with Gasteiger partial charge < -0.3 is 4.90 Å². The van der Waals surface area contributed by atoms with Crippen LogP contribution in [0.4, 0.5) is 0 Å². The summed E-state index contributed by atoms with van der Waals surface area (Å²) in [5, 5.41) is 1.43. The van der Waals surface area contributed by atoms with Crippen molar-refractivity contribution in [1.82, 2.24) is 4.90 Å². The lowest BCUT2D eigenvalue weighted by atomic mass is 10.0. The fraction of sp³-hybridized carbons (Fsp3) is 0.400. The second-order valence-electron chi connectivity index (χ2n) is 3.36. The van der Waals surface area contributed by atoms with E-state index in [9.17, 15) is 0 Å². The number of likely N-dealkylation sites (N-methyl/N-ethyl adjacent to an activating group) is 1. The van der Waals surface area contributed by atoms with Crippen LogP contribution >= 0.6 is 15.9 Å². The Balaban J connectivity index is 3.29. The summed E-state index contributed by atoms with van der Waals surface area (Å²) in [6.07, 6.45) is 5.49. The number of alkyl halides is 1. The second kappa shape index (κ2) is 3.73. The Kier molecular flexibility index (Phi) is 3.04. The molecule has 1 heterocycles. The number of hydrogen-bond acceptors (Lipinski definition) is 1. The van der Waals surface area contributed by atoms with Crippen molar-refractivity contribution in [2.45, 2.75) is 18.8 Å². The van der Waals surface area contributed by atoms with Crippen molar-refractivity contribution in [1.29, 1.82) is 0 Å². The first-order valence-electron chi connectivity index (χ1n) is 4.22. The van der Waals surface area contributed by atoms with E-state index in [0.29, 0.717) is 4.95 Å². The molecule has 0 aromatic heterocycles. The van der Waals surface area contributed by atoms with Crippen LogP contribution in [0.1, 0.15) is 13.8 Å². The molecule has 1 nitrogen and oxygen atoms in total. The summed E-state index contributed by atoms with van der Waals surface area (Å²) in [7, 11) is 3.12. The molecule has 1 aliphatic heterocycles. The molecule has 1 unspecified atom stereocenters. The maximum Gasteiger partial charge on any atom is 0.101 e. The first kappa shape index (κ1) is 10.6. The fourth-order valence-corrected chi connectivity index (χ4v) is 2.78. The van der Waals surface area contributed by atoms with Gasteiger partial charge in [0.2, 0.25) is 0 Å². The van der Waals surface area contributed by atoms with Crippen LogP contribution < -0.4 is 0 Å². The van der Waals surface area contributed by atoms with Gasteiger partial charge in [-0.3, -0.25) is 0 Å². The van der Waals surface area contributed by atoms with Crippen molar-refractivity contribution in [3.8, 4) is 12.3 Å². The maximum atomic E-state index is 5.49. The number of halogens is 1. The average molecular weight is 256 g/mol. The molecule has 0 aromatic rings. The quantitative estimate of drug-likeness (QED) is 0.272. The van der Waals surface area contributed by atoms with Gasteiger partial charge in [0.05, 0.1) is 0 Å². The van der Waals surface area contributed by atoms with E-state index >= 15 is 0 Å². The molecular weight excluding hydrogens is 242 g/mol. The lowest BCUT2D eigenvalue weighted by molar-refractivity contribution is 0.427. The third kappa shape index (κ3) is 1.61. The van der Waals surface area contributed by atoms with Gasteiger partial charge in [-0.1, -0.05) is 27.0 Å². The molecule has 1 atom stereocenters. The SMILES string of the molecule is C#CC1=C(C)N(C)C(Br)C([SiH3])=C1C. The molecule has 0 amide bonds. The van der Waals surface area contributed by atoms with E-state index in [1.54, 1.807) is 0 Å². The van der Waals surface area contributed by atoms with Crippen LogP contribution in [0.3, 0.4) is 0 Å². The van der Waals surface area contributed by atoms with Gasteiger partial charge in [0, 0.05) is 28.6 Å². The van der Waals surface area contributed by atoms with Crippen LogP contribution in [-0.2, 0) is 0 Å². The number of hydrogen-bond donors (Lipinski definition) is 0. The standard InChI is InChI=1S/C10H14BrNSi/c1-5-8-6(2)9(13)10(11)12(4)7(8)3/h1,10H,2-4,13H3. The molecule has 1 rings (SSSR count). The van der Waals surface area contributed by atoms with E-state index in [2.05, 4.69) is 47.6 Å². The zero-order valence-electron chi connectivity index (χ0n) is 8.48. The van der Waals surface area contributed by atoms with Crippen molar-refractivity contribution in [2.24, 2.45) is 0 Å². The van der Waals surface area contributed by atoms with Crippen molar-refractivity contribution in [3.05, 3.63) is 22.0 Å². The Morgan fingerprint density at radius 3 is 2.54 bits per heavy atom. The molecule has 3 heteroatoms. The van der Waals surface area contributed by atoms with Gasteiger partial charge in [-0.15, -0.1) is 6.42 Å². The lowest BCUT2D eigenvalue weighted by Gasteiger charge is -2.33. The highest BCUT2D eigenvalue weighted by Gasteiger charge is 2.23. The first-order valence-corrected chi connectivity index (χ1v) is 6.14. The average Bonchev–Trinajstić information content (AvgIpc) is 2.13. The third-order valence-corrected chi connectivity index (χ3v) is 6.14. The topological polar surface area (TPSA) is 3.24 Å². The molecule has 0 radical (unpaired) electrons. The third-order valence-electron chi connectivity index (χ3n) is 2.70. The summed E-state index contributed by atoms with van der Waals surface area (Å²) in [4.78, 5) is 2.53. The summed E-state index contributed by atoms with van der Waals surface area (Å²) in [5.74, 6) is 2.77. The van der Waals surface area contributed by atoms with Crippen LogP contribution in [0, 0.1) is 12.3 Å². The predicted molar refractivity (Wildman–Crippen MR) is 64.7 cm³/mol. The highest BCUT2D eigenvalue weighted by Crippen LogP contribution is 2.31. The summed E-state index contributed by atoms with van der Waals surface area (Å²) >= 11 is 3.66. The molecule has 0 aliphatic carbocycles. The minimum absolute atomic E-state index is 0.344. The smallest absolute Gasteiger partial charge is 0.101 e. The highest BCUT2D eigenvalue weighted by atomic mass is 79.9. The van der Waals surface area contributed by atoms with Gasteiger partial charge >= 0.3 is 0 Å². The van der Waals surface area contributed by atoms with Gasteiger partial charge in [0.25, 0.3) is 0 Å².